The van der Waals surface area contributed by atoms with E-state index in [0.717, 1.165) is 45.8 Å². The molecule has 2 atom stereocenters. The summed E-state index contributed by atoms with van der Waals surface area (Å²) in [6.07, 6.45) is 7.27. The number of ether oxygens (including phenoxy) is 2. The van der Waals surface area contributed by atoms with Crippen LogP contribution < -0.4 is 0 Å². The molecule has 0 N–H and O–H groups in total. The lowest BCUT2D eigenvalue weighted by Crippen LogP contribution is -2.45. The third-order valence-corrected chi connectivity index (χ3v) is 6.03. The first-order chi connectivity index (χ1) is 11.3. The van der Waals surface area contributed by atoms with Gasteiger partial charge in [0, 0.05) is 31.2 Å². The normalized spacial score (nSPS) is 33.5. The molecule has 3 aliphatic rings. The van der Waals surface area contributed by atoms with Crippen LogP contribution in [0.4, 0.5) is 0 Å². The molecule has 1 spiro atoms. The van der Waals surface area contributed by atoms with E-state index >= 15 is 0 Å². The Morgan fingerprint density at radius 3 is 3.00 bits per heavy atom. The van der Waals surface area contributed by atoms with Crippen LogP contribution in [0.15, 0.2) is 11.6 Å². The van der Waals surface area contributed by atoms with Crippen molar-refractivity contribution in [1.82, 2.24) is 14.8 Å². The number of thiazole rings is 1. The Morgan fingerprint density at radius 2 is 2.17 bits per heavy atom. The molecule has 128 valence electrons. The first-order valence-electron chi connectivity index (χ1n) is 8.90. The van der Waals surface area contributed by atoms with Gasteiger partial charge in [0.05, 0.1) is 25.9 Å². The van der Waals surface area contributed by atoms with Gasteiger partial charge in [0.25, 0.3) is 0 Å². The molecule has 0 radical (unpaired) electrons. The molecule has 5 nitrogen and oxygen atoms in total. The van der Waals surface area contributed by atoms with Gasteiger partial charge in [-0.2, -0.15) is 0 Å². The smallest absolute Gasteiger partial charge is 0.107 e. The summed E-state index contributed by atoms with van der Waals surface area (Å²) in [6.45, 7) is 8.02. The number of rotatable bonds is 4. The predicted molar refractivity (Wildman–Crippen MR) is 90.7 cm³/mol. The third-order valence-electron chi connectivity index (χ3n) is 5.27. The van der Waals surface area contributed by atoms with Crippen molar-refractivity contribution in [1.29, 1.82) is 0 Å². The molecular formula is C17H27N3O2S. The van der Waals surface area contributed by atoms with Gasteiger partial charge in [0.1, 0.15) is 10.6 Å². The van der Waals surface area contributed by atoms with Gasteiger partial charge in [-0.3, -0.25) is 4.90 Å². The molecule has 0 saturated carbocycles. The van der Waals surface area contributed by atoms with Crippen molar-refractivity contribution in [2.45, 2.75) is 43.9 Å². The second kappa shape index (κ2) is 7.15. The van der Waals surface area contributed by atoms with Crippen LogP contribution in [-0.4, -0.2) is 72.4 Å². The number of aromatic nitrogens is 1. The molecule has 4 rings (SSSR count). The second-order valence-electron chi connectivity index (χ2n) is 7.16. The van der Waals surface area contributed by atoms with Gasteiger partial charge in [0.2, 0.25) is 0 Å². The van der Waals surface area contributed by atoms with E-state index in [4.69, 9.17) is 9.47 Å². The molecule has 3 aliphatic heterocycles. The van der Waals surface area contributed by atoms with Crippen LogP contribution in [0.5, 0.6) is 0 Å². The molecule has 0 unspecified atom stereocenters. The lowest BCUT2D eigenvalue weighted by molar-refractivity contribution is -0.0913. The van der Waals surface area contributed by atoms with Gasteiger partial charge in [-0.1, -0.05) is 0 Å². The summed E-state index contributed by atoms with van der Waals surface area (Å²) < 4.78 is 12.5. The first-order valence-corrected chi connectivity index (χ1v) is 9.78. The molecule has 0 amide bonds. The van der Waals surface area contributed by atoms with E-state index in [1.54, 1.807) is 11.3 Å². The maximum absolute atomic E-state index is 6.56. The largest absolute Gasteiger partial charge is 0.377 e. The van der Waals surface area contributed by atoms with E-state index in [1.807, 2.05) is 6.20 Å². The fraction of sp³-hybridized carbons (Fsp3) is 0.824. The molecule has 23 heavy (non-hydrogen) atoms. The van der Waals surface area contributed by atoms with Crippen LogP contribution in [-0.2, 0) is 16.0 Å². The third kappa shape index (κ3) is 3.94. The summed E-state index contributed by atoms with van der Waals surface area (Å²) in [6, 6.07) is 0. The minimum Gasteiger partial charge on any atom is -0.377 e. The van der Waals surface area contributed by atoms with Crippen molar-refractivity contribution in [2.24, 2.45) is 0 Å². The van der Waals surface area contributed by atoms with Gasteiger partial charge in [-0.05, 0) is 38.8 Å². The number of likely N-dealkylation sites (tertiary alicyclic amines) is 1. The highest BCUT2D eigenvalue weighted by molar-refractivity contribution is 7.09. The van der Waals surface area contributed by atoms with Crippen molar-refractivity contribution in [3.63, 3.8) is 0 Å². The first kappa shape index (κ1) is 16.0. The quantitative estimate of drug-likeness (QED) is 0.840. The average Bonchev–Trinajstić information content (AvgIpc) is 3.25. The van der Waals surface area contributed by atoms with Crippen LogP contribution in [0.1, 0.15) is 30.7 Å². The maximum Gasteiger partial charge on any atom is 0.107 e. The Kier molecular flexibility index (Phi) is 4.96. The average molecular weight is 337 g/mol. The Labute approximate surface area is 142 Å². The van der Waals surface area contributed by atoms with E-state index in [-0.39, 0.29) is 5.60 Å². The summed E-state index contributed by atoms with van der Waals surface area (Å²) >= 11 is 1.74. The standard InChI is InChI=1S/C17H27N3O2S/c1-2-7-19(6-1)11-15-3-4-17(22-15)13-20(8-9-21-14-17)12-16-18-5-10-23-16/h5,10,15H,1-4,6-9,11-14H2/t15-,17+/m0/s1. The van der Waals surface area contributed by atoms with Crippen LogP contribution in [0.25, 0.3) is 0 Å². The predicted octanol–water partition coefficient (Wildman–Crippen LogP) is 1.99. The molecule has 0 aliphatic carbocycles. The summed E-state index contributed by atoms with van der Waals surface area (Å²) in [5.41, 5.74) is -0.0991. The zero-order chi connectivity index (χ0) is 15.5. The summed E-state index contributed by atoms with van der Waals surface area (Å²) in [7, 11) is 0. The fourth-order valence-electron chi connectivity index (χ4n) is 4.14. The molecular weight excluding hydrogens is 310 g/mol. The topological polar surface area (TPSA) is 37.8 Å². The van der Waals surface area contributed by atoms with Crippen molar-refractivity contribution in [3.8, 4) is 0 Å². The molecule has 0 aromatic carbocycles. The van der Waals surface area contributed by atoms with E-state index < -0.39 is 0 Å². The van der Waals surface area contributed by atoms with Gasteiger partial charge in [-0.25, -0.2) is 4.98 Å². The van der Waals surface area contributed by atoms with Gasteiger partial charge in [-0.15, -0.1) is 11.3 Å². The summed E-state index contributed by atoms with van der Waals surface area (Å²) in [4.78, 5) is 9.45. The van der Waals surface area contributed by atoms with Crippen molar-refractivity contribution >= 4 is 11.3 Å². The molecule has 1 aromatic rings. The highest BCUT2D eigenvalue weighted by Crippen LogP contribution is 2.34. The van der Waals surface area contributed by atoms with Crippen molar-refractivity contribution in [2.75, 3.05) is 45.9 Å². The lowest BCUT2D eigenvalue weighted by Gasteiger charge is -2.32. The molecule has 4 heterocycles. The van der Waals surface area contributed by atoms with Crippen LogP contribution in [0, 0.1) is 0 Å². The SMILES string of the molecule is c1csc(CN2CCOC[C@@]3(CC[C@@H](CN4CCCC4)O3)C2)n1. The highest BCUT2D eigenvalue weighted by Gasteiger charge is 2.43. The molecule has 3 fully saturated rings. The zero-order valence-electron chi connectivity index (χ0n) is 13.8. The molecule has 3 saturated heterocycles. The minimum absolute atomic E-state index is 0.0991. The second-order valence-corrected chi connectivity index (χ2v) is 8.14. The van der Waals surface area contributed by atoms with E-state index in [1.165, 1.54) is 37.4 Å². The van der Waals surface area contributed by atoms with Gasteiger partial charge >= 0.3 is 0 Å². The van der Waals surface area contributed by atoms with E-state index in [0.29, 0.717) is 6.10 Å². The number of nitrogens with zero attached hydrogens (tertiary/aromatic N) is 3. The van der Waals surface area contributed by atoms with Crippen LogP contribution >= 0.6 is 11.3 Å². The number of hydrogen-bond acceptors (Lipinski definition) is 6. The lowest BCUT2D eigenvalue weighted by atomic mass is 10.00. The van der Waals surface area contributed by atoms with E-state index in [9.17, 15) is 0 Å². The minimum atomic E-state index is -0.0991. The van der Waals surface area contributed by atoms with Crippen molar-refractivity contribution in [3.05, 3.63) is 16.6 Å². The molecule has 0 bridgehead atoms. The Morgan fingerprint density at radius 1 is 1.26 bits per heavy atom. The van der Waals surface area contributed by atoms with Gasteiger partial charge in [0.15, 0.2) is 0 Å². The maximum atomic E-state index is 6.56. The summed E-state index contributed by atoms with van der Waals surface area (Å²) in [5.74, 6) is 0. The van der Waals surface area contributed by atoms with Crippen molar-refractivity contribution < 1.29 is 9.47 Å². The Bertz CT molecular complexity index is 492. The monoisotopic (exact) mass is 337 g/mol. The molecule has 6 heteroatoms. The Balaban J connectivity index is 1.36. The Hall–Kier alpha value is -0.530. The van der Waals surface area contributed by atoms with Crippen LogP contribution in [0.3, 0.4) is 0 Å². The van der Waals surface area contributed by atoms with E-state index in [2.05, 4.69) is 20.2 Å². The fourth-order valence-corrected chi connectivity index (χ4v) is 4.80. The molecule has 1 aromatic heterocycles. The summed E-state index contributed by atoms with van der Waals surface area (Å²) in [5, 5.41) is 3.24. The van der Waals surface area contributed by atoms with Crippen LogP contribution in [0.2, 0.25) is 0 Å². The number of hydrogen-bond donors (Lipinski definition) is 0. The zero-order valence-corrected chi connectivity index (χ0v) is 14.6. The van der Waals surface area contributed by atoms with Gasteiger partial charge < -0.3 is 14.4 Å². The highest BCUT2D eigenvalue weighted by atomic mass is 32.1.